The summed E-state index contributed by atoms with van der Waals surface area (Å²) in [5, 5.41) is 0. The molecule has 2 N–H and O–H groups in total. The van der Waals surface area contributed by atoms with Gasteiger partial charge < -0.3 is 15.4 Å². The number of aromatic nitrogens is 1. The second-order valence-electron chi connectivity index (χ2n) is 5.34. The van der Waals surface area contributed by atoms with Crippen LogP contribution in [0.5, 0.6) is 5.88 Å². The van der Waals surface area contributed by atoms with Gasteiger partial charge in [0.2, 0.25) is 5.88 Å². The van der Waals surface area contributed by atoms with Gasteiger partial charge in [0.1, 0.15) is 6.10 Å². The SMILES string of the molecule is CCN(CC)C(N)=NCc1cccnc1OC1CCCC1. The molecular weight excluding hydrogens is 264 g/mol. The first-order valence-electron chi connectivity index (χ1n) is 7.90. The highest BCUT2D eigenvalue weighted by molar-refractivity contribution is 5.78. The molecule has 1 aromatic rings. The molecule has 1 aliphatic rings. The second kappa shape index (κ2) is 7.86. The number of pyridine rings is 1. The smallest absolute Gasteiger partial charge is 0.218 e. The Kier molecular flexibility index (Phi) is 5.84. The molecule has 0 bridgehead atoms. The molecule has 0 aromatic carbocycles. The lowest BCUT2D eigenvalue weighted by Crippen LogP contribution is -2.37. The first-order valence-corrected chi connectivity index (χ1v) is 7.90. The summed E-state index contributed by atoms with van der Waals surface area (Å²) in [6.07, 6.45) is 6.83. The zero-order valence-corrected chi connectivity index (χ0v) is 13.1. The highest BCUT2D eigenvalue weighted by Crippen LogP contribution is 2.25. The van der Waals surface area contributed by atoms with Crippen molar-refractivity contribution in [3.63, 3.8) is 0 Å². The van der Waals surface area contributed by atoms with Crippen molar-refractivity contribution >= 4 is 5.96 Å². The van der Waals surface area contributed by atoms with Crippen LogP contribution in [0.2, 0.25) is 0 Å². The van der Waals surface area contributed by atoms with Crippen LogP contribution in [-0.4, -0.2) is 35.0 Å². The molecule has 0 atom stereocenters. The number of hydrogen-bond donors (Lipinski definition) is 1. The maximum Gasteiger partial charge on any atom is 0.218 e. The van der Waals surface area contributed by atoms with Crippen LogP contribution < -0.4 is 10.5 Å². The van der Waals surface area contributed by atoms with Crippen molar-refractivity contribution in [2.45, 2.75) is 52.2 Å². The lowest BCUT2D eigenvalue weighted by Gasteiger charge is -2.19. The number of ether oxygens (including phenoxy) is 1. The molecule has 1 heterocycles. The van der Waals surface area contributed by atoms with Crippen molar-refractivity contribution in [3.05, 3.63) is 23.9 Å². The van der Waals surface area contributed by atoms with Gasteiger partial charge in [-0.25, -0.2) is 9.98 Å². The topological polar surface area (TPSA) is 63.7 Å². The van der Waals surface area contributed by atoms with E-state index in [0.717, 1.165) is 31.5 Å². The average molecular weight is 290 g/mol. The van der Waals surface area contributed by atoms with Crippen LogP contribution in [0.15, 0.2) is 23.3 Å². The fourth-order valence-electron chi connectivity index (χ4n) is 2.63. The number of hydrogen-bond acceptors (Lipinski definition) is 3. The molecule has 1 aliphatic carbocycles. The van der Waals surface area contributed by atoms with E-state index in [1.54, 1.807) is 6.20 Å². The van der Waals surface area contributed by atoms with Crippen LogP contribution in [0.3, 0.4) is 0 Å². The highest BCUT2D eigenvalue weighted by Gasteiger charge is 2.18. The minimum atomic E-state index is 0.308. The van der Waals surface area contributed by atoms with Gasteiger partial charge in [0.15, 0.2) is 5.96 Å². The predicted molar refractivity (Wildman–Crippen MR) is 85.4 cm³/mol. The lowest BCUT2D eigenvalue weighted by atomic mass is 10.2. The molecule has 21 heavy (non-hydrogen) atoms. The van der Waals surface area contributed by atoms with E-state index >= 15 is 0 Å². The normalized spacial score (nSPS) is 16.2. The van der Waals surface area contributed by atoms with E-state index in [1.165, 1.54) is 12.8 Å². The van der Waals surface area contributed by atoms with Crippen LogP contribution >= 0.6 is 0 Å². The maximum absolute atomic E-state index is 6.02. The number of guanidine groups is 1. The molecule has 5 nitrogen and oxygen atoms in total. The molecule has 1 saturated carbocycles. The van der Waals surface area contributed by atoms with Crippen LogP contribution in [0.25, 0.3) is 0 Å². The summed E-state index contributed by atoms with van der Waals surface area (Å²) in [6.45, 7) is 6.39. The third-order valence-electron chi connectivity index (χ3n) is 3.93. The Balaban J connectivity index is 2.03. The minimum absolute atomic E-state index is 0.308. The predicted octanol–water partition coefficient (Wildman–Crippen LogP) is 2.56. The zero-order valence-electron chi connectivity index (χ0n) is 13.1. The zero-order chi connectivity index (χ0) is 15.1. The molecular formula is C16H26N4O. The second-order valence-corrected chi connectivity index (χ2v) is 5.34. The number of aliphatic imine (C=N–C) groups is 1. The summed E-state index contributed by atoms with van der Waals surface area (Å²) in [4.78, 5) is 10.9. The summed E-state index contributed by atoms with van der Waals surface area (Å²) >= 11 is 0. The first kappa shape index (κ1) is 15.6. The summed E-state index contributed by atoms with van der Waals surface area (Å²) < 4.78 is 6.02. The van der Waals surface area contributed by atoms with E-state index in [-0.39, 0.29) is 0 Å². The third kappa shape index (κ3) is 4.34. The van der Waals surface area contributed by atoms with Crippen molar-refractivity contribution < 1.29 is 4.74 Å². The molecule has 116 valence electrons. The van der Waals surface area contributed by atoms with Crippen LogP contribution in [0.1, 0.15) is 45.1 Å². The van der Waals surface area contributed by atoms with E-state index in [1.807, 2.05) is 17.0 Å². The Morgan fingerprint density at radius 2 is 2.10 bits per heavy atom. The van der Waals surface area contributed by atoms with Crippen LogP contribution in [-0.2, 0) is 6.54 Å². The maximum atomic E-state index is 6.02. The van der Waals surface area contributed by atoms with Gasteiger partial charge in [-0.1, -0.05) is 6.07 Å². The van der Waals surface area contributed by atoms with Gasteiger partial charge in [0.25, 0.3) is 0 Å². The molecule has 0 amide bonds. The van der Waals surface area contributed by atoms with Gasteiger partial charge in [-0.2, -0.15) is 0 Å². The van der Waals surface area contributed by atoms with Crippen molar-refractivity contribution in [2.24, 2.45) is 10.7 Å². The van der Waals surface area contributed by atoms with Crippen molar-refractivity contribution in [2.75, 3.05) is 13.1 Å². The van der Waals surface area contributed by atoms with Crippen LogP contribution in [0.4, 0.5) is 0 Å². The van der Waals surface area contributed by atoms with Crippen molar-refractivity contribution in [3.8, 4) is 5.88 Å². The number of nitrogens with zero attached hydrogens (tertiary/aromatic N) is 3. The Labute approximate surface area is 127 Å². The molecule has 5 heteroatoms. The Morgan fingerprint density at radius 3 is 2.76 bits per heavy atom. The van der Waals surface area contributed by atoms with E-state index in [0.29, 0.717) is 24.5 Å². The third-order valence-corrected chi connectivity index (χ3v) is 3.93. The lowest BCUT2D eigenvalue weighted by molar-refractivity contribution is 0.199. The molecule has 1 aromatic heterocycles. The highest BCUT2D eigenvalue weighted by atomic mass is 16.5. The summed E-state index contributed by atoms with van der Waals surface area (Å²) in [5.74, 6) is 1.29. The van der Waals surface area contributed by atoms with E-state index in [4.69, 9.17) is 10.5 Å². The van der Waals surface area contributed by atoms with Crippen LogP contribution in [0, 0.1) is 0 Å². The Bertz CT molecular complexity index is 465. The largest absolute Gasteiger partial charge is 0.474 e. The Morgan fingerprint density at radius 1 is 1.38 bits per heavy atom. The summed E-state index contributed by atoms with van der Waals surface area (Å²) in [5.41, 5.74) is 7.01. The van der Waals surface area contributed by atoms with Gasteiger partial charge in [-0.3, -0.25) is 0 Å². The molecule has 0 radical (unpaired) electrons. The molecule has 2 rings (SSSR count). The van der Waals surface area contributed by atoms with Gasteiger partial charge in [0, 0.05) is 24.8 Å². The fourth-order valence-corrected chi connectivity index (χ4v) is 2.63. The molecule has 0 saturated heterocycles. The van der Waals surface area contributed by atoms with Gasteiger partial charge in [0.05, 0.1) is 6.54 Å². The molecule has 0 spiro atoms. The van der Waals surface area contributed by atoms with E-state index < -0.39 is 0 Å². The first-order chi connectivity index (χ1) is 10.2. The van der Waals surface area contributed by atoms with Gasteiger partial charge in [-0.15, -0.1) is 0 Å². The quantitative estimate of drug-likeness (QED) is 0.646. The molecule has 0 aliphatic heterocycles. The van der Waals surface area contributed by atoms with Crippen molar-refractivity contribution in [1.29, 1.82) is 0 Å². The Hall–Kier alpha value is -1.78. The molecule has 1 fully saturated rings. The van der Waals surface area contributed by atoms with E-state index in [9.17, 15) is 0 Å². The van der Waals surface area contributed by atoms with E-state index in [2.05, 4.69) is 23.8 Å². The van der Waals surface area contributed by atoms with Crippen molar-refractivity contribution in [1.82, 2.24) is 9.88 Å². The average Bonchev–Trinajstić information content (AvgIpc) is 3.00. The standard InChI is InChI=1S/C16H26N4O/c1-3-20(4-2)16(17)19-12-13-8-7-11-18-15(13)21-14-9-5-6-10-14/h7-8,11,14H,3-6,9-10,12H2,1-2H3,(H2,17,19). The minimum Gasteiger partial charge on any atom is -0.474 e. The number of rotatable bonds is 6. The molecule has 0 unspecified atom stereocenters. The van der Waals surface area contributed by atoms with Gasteiger partial charge in [-0.05, 0) is 45.6 Å². The summed E-state index contributed by atoms with van der Waals surface area (Å²) in [6, 6.07) is 3.93. The monoisotopic (exact) mass is 290 g/mol. The van der Waals surface area contributed by atoms with Gasteiger partial charge >= 0.3 is 0 Å². The summed E-state index contributed by atoms with van der Waals surface area (Å²) in [7, 11) is 0. The fraction of sp³-hybridized carbons (Fsp3) is 0.625. The number of nitrogens with two attached hydrogens (primary N) is 1.